The van der Waals surface area contributed by atoms with Crippen LogP contribution in [0.3, 0.4) is 0 Å². The van der Waals surface area contributed by atoms with Crippen LogP contribution in [0.2, 0.25) is 0 Å². The lowest BCUT2D eigenvalue weighted by Gasteiger charge is -2.17. The second-order valence-corrected chi connectivity index (χ2v) is 5.18. The van der Waals surface area contributed by atoms with Crippen molar-refractivity contribution in [3.05, 3.63) is 29.8 Å². The summed E-state index contributed by atoms with van der Waals surface area (Å²) in [6, 6.07) is 7.91. The van der Waals surface area contributed by atoms with Crippen LogP contribution in [-0.4, -0.2) is 31.1 Å². The average molecular weight is 262 g/mol. The maximum Gasteiger partial charge on any atom is 0.237 e. The van der Waals surface area contributed by atoms with E-state index in [1.807, 2.05) is 38.1 Å². The zero-order chi connectivity index (χ0) is 13.7. The van der Waals surface area contributed by atoms with Gasteiger partial charge in [0.25, 0.3) is 0 Å². The summed E-state index contributed by atoms with van der Waals surface area (Å²) in [7, 11) is 0. The van der Waals surface area contributed by atoms with Gasteiger partial charge < -0.3 is 15.4 Å². The Bertz CT molecular complexity index is 411. The van der Waals surface area contributed by atoms with Crippen LogP contribution in [0.1, 0.15) is 25.3 Å². The lowest BCUT2D eigenvalue weighted by molar-refractivity contribution is -0.123. The van der Waals surface area contributed by atoms with Crippen molar-refractivity contribution in [2.45, 2.75) is 38.8 Å². The van der Waals surface area contributed by atoms with Crippen LogP contribution >= 0.6 is 0 Å². The van der Waals surface area contributed by atoms with Crippen LogP contribution < -0.4 is 15.4 Å². The largest absolute Gasteiger partial charge is 0.491 e. The van der Waals surface area contributed by atoms with Crippen molar-refractivity contribution < 1.29 is 9.53 Å². The number of benzene rings is 1. The van der Waals surface area contributed by atoms with E-state index in [4.69, 9.17) is 4.74 Å². The monoisotopic (exact) mass is 262 g/mol. The molecule has 1 saturated heterocycles. The van der Waals surface area contributed by atoms with Crippen molar-refractivity contribution in [1.82, 2.24) is 10.6 Å². The van der Waals surface area contributed by atoms with E-state index >= 15 is 0 Å². The van der Waals surface area contributed by atoms with Crippen LogP contribution in [-0.2, 0) is 4.79 Å². The fourth-order valence-electron chi connectivity index (χ4n) is 2.15. The van der Waals surface area contributed by atoms with Gasteiger partial charge >= 0.3 is 0 Å². The number of aryl methyl sites for hydroxylation is 1. The average Bonchev–Trinajstić information content (AvgIpc) is 2.92. The standard InChI is InChI=1S/C15H22N2O2/c1-11-5-7-13(8-6-11)19-10-12(2)17-15(18)14-4-3-9-16-14/h5-8,12,14,16H,3-4,9-10H2,1-2H3,(H,17,18)/t12?,14-/m0/s1. The van der Waals surface area contributed by atoms with Crippen molar-refractivity contribution in [3.63, 3.8) is 0 Å². The number of nitrogens with one attached hydrogen (secondary N) is 2. The van der Waals surface area contributed by atoms with Gasteiger partial charge in [0.2, 0.25) is 5.91 Å². The van der Waals surface area contributed by atoms with Crippen LogP contribution in [0.4, 0.5) is 0 Å². The molecule has 1 aliphatic rings. The predicted octanol–water partition coefficient (Wildman–Crippen LogP) is 1.63. The topological polar surface area (TPSA) is 50.4 Å². The molecule has 0 saturated carbocycles. The van der Waals surface area contributed by atoms with Crippen molar-refractivity contribution in [2.24, 2.45) is 0 Å². The Hall–Kier alpha value is -1.55. The van der Waals surface area contributed by atoms with Gasteiger partial charge in [-0.2, -0.15) is 0 Å². The predicted molar refractivity (Wildman–Crippen MR) is 75.3 cm³/mol. The number of carbonyl (C=O) groups is 1. The molecule has 19 heavy (non-hydrogen) atoms. The minimum atomic E-state index is -0.0261. The Morgan fingerprint density at radius 2 is 2.21 bits per heavy atom. The summed E-state index contributed by atoms with van der Waals surface area (Å²) in [5.74, 6) is 0.920. The number of rotatable bonds is 5. The third kappa shape index (κ3) is 4.24. The Balaban J connectivity index is 1.73. The van der Waals surface area contributed by atoms with E-state index in [1.165, 1.54) is 5.56 Å². The number of ether oxygens (including phenoxy) is 1. The molecule has 1 amide bonds. The van der Waals surface area contributed by atoms with Crippen LogP contribution in [0.5, 0.6) is 5.75 Å². The molecule has 1 fully saturated rings. The summed E-state index contributed by atoms with van der Waals surface area (Å²) in [5.41, 5.74) is 1.21. The molecule has 0 radical (unpaired) electrons. The van der Waals surface area contributed by atoms with E-state index in [0.717, 1.165) is 25.1 Å². The molecule has 104 valence electrons. The second kappa shape index (κ2) is 6.57. The third-order valence-electron chi connectivity index (χ3n) is 3.29. The van der Waals surface area contributed by atoms with E-state index in [1.54, 1.807) is 0 Å². The van der Waals surface area contributed by atoms with Crippen molar-refractivity contribution in [3.8, 4) is 5.75 Å². The molecule has 1 aromatic carbocycles. The third-order valence-corrected chi connectivity index (χ3v) is 3.29. The first-order valence-electron chi connectivity index (χ1n) is 6.88. The zero-order valence-corrected chi connectivity index (χ0v) is 11.6. The summed E-state index contributed by atoms with van der Waals surface area (Å²) in [6.07, 6.45) is 2.00. The van der Waals surface area contributed by atoms with E-state index in [2.05, 4.69) is 10.6 Å². The van der Waals surface area contributed by atoms with Crippen molar-refractivity contribution >= 4 is 5.91 Å². The molecule has 0 bridgehead atoms. The first kappa shape index (κ1) is 13.9. The van der Waals surface area contributed by atoms with E-state index in [-0.39, 0.29) is 18.0 Å². The molecule has 0 aromatic heterocycles. The molecule has 4 nitrogen and oxygen atoms in total. The maximum atomic E-state index is 11.9. The van der Waals surface area contributed by atoms with Gasteiger partial charge in [0.05, 0.1) is 12.1 Å². The quantitative estimate of drug-likeness (QED) is 0.848. The second-order valence-electron chi connectivity index (χ2n) is 5.18. The lowest BCUT2D eigenvalue weighted by atomic mass is 10.2. The molecule has 2 rings (SSSR count). The molecule has 2 N–H and O–H groups in total. The SMILES string of the molecule is Cc1ccc(OCC(C)NC(=O)[C@@H]2CCCN2)cc1. The highest BCUT2D eigenvalue weighted by atomic mass is 16.5. The normalized spacial score (nSPS) is 20.0. The summed E-state index contributed by atoms with van der Waals surface area (Å²) in [6.45, 7) is 5.43. The summed E-state index contributed by atoms with van der Waals surface area (Å²) >= 11 is 0. The first-order chi connectivity index (χ1) is 9.15. The van der Waals surface area contributed by atoms with Crippen LogP contribution in [0.25, 0.3) is 0 Å². The molecule has 1 heterocycles. The van der Waals surface area contributed by atoms with Crippen LogP contribution in [0.15, 0.2) is 24.3 Å². The molecule has 1 aliphatic heterocycles. The van der Waals surface area contributed by atoms with E-state index in [9.17, 15) is 4.79 Å². The highest BCUT2D eigenvalue weighted by Gasteiger charge is 2.22. The smallest absolute Gasteiger partial charge is 0.237 e. The maximum absolute atomic E-state index is 11.9. The minimum Gasteiger partial charge on any atom is -0.491 e. The van der Waals surface area contributed by atoms with Gasteiger partial charge in [0, 0.05) is 0 Å². The first-order valence-corrected chi connectivity index (χ1v) is 6.88. The summed E-state index contributed by atoms with van der Waals surface area (Å²) in [5, 5.41) is 6.17. The fraction of sp³-hybridized carbons (Fsp3) is 0.533. The lowest BCUT2D eigenvalue weighted by Crippen LogP contribution is -2.46. The van der Waals surface area contributed by atoms with Gasteiger partial charge in [0.1, 0.15) is 12.4 Å². The van der Waals surface area contributed by atoms with Crippen molar-refractivity contribution in [2.75, 3.05) is 13.2 Å². The van der Waals surface area contributed by atoms with E-state index in [0.29, 0.717) is 6.61 Å². The van der Waals surface area contributed by atoms with Crippen molar-refractivity contribution in [1.29, 1.82) is 0 Å². The molecule has 4 heteroatoms. The highest BCUT2D eigenvalue weighted by molar-refractivity contribution is 5.82. The molecular weight excluding hydrogens is 240 g/mol. The summed E-state index contributed by atoms with van der Waals surface area (Å²) < 4.78 is 5.65. The van der Waals surface area contributed by atoms with Crippen LogP contribution in [0, 0.1) is 6.92 Å². The molecule has 2 atom stereocenters. The highest BCUT2D eigenvalue weighted by Crippen LogP contribution is 2.11. The Morgan fingerprint density at radius 3 is 2.84 bits per heavy atom. The van der Waals surface area contributed by atoms with Gasteiger partial charge in [-0.05, 0) is 45.4 Å². The van der Waals surface area contributed by atoms with Gasteiger partial charge in [0.15, 0.2) is 0 Å². The van der Waals surface area contributed by atoms with Gasteiger partial charge in [-0.1, -0.05) is 17.7 Å². The number of hydrogen-bond acceptors (Lipinski definition) is 3. The van der Waals surface area contributed by atoms with Gasteiger partial charge in [-0.15, -0.1) is 0 Å². The molecular formula is C15H22N2O2. The Labute approximate surface area is 114 Å². The summed E-state index contributed by atoms with van der Waals surface area (Å²) in [4.78, 5) is 11.9. The molecule has 1 aromatic rings. The fourth-order valence-corrected chi connectivity index (χ4v) is 2.15. The Kier molecular flexibility index (Phi) is 4.80. The number of amides is 1. The number of carbonyl (C=O) groups excluding carboxylic acids is 1. The Morgan fingerprint density at radius 1 is 1.47 bits per heavy atom. The molecule has 0 spiro atoms. The van der Waals surface area contributed by atoms with Gasteiger partial charge in [-0.3, -0.25) is 4.79 Å². The van der Waals surface area contributed by atoms with Gasteiger partial charge in [-0.25, -0.2) is 0 Å². The number of hydrogen-bond donors (Lipinski definition) is 2. The zero-order valence-electron chi connectivity index (χ0n) is 11.6. The van der Waals surface area contributed by atoms with E-state index < -0.39 is 0 Å². The molecule has 0 aliphatic carbocycles. The molecule has 1 unspecified atom stereocenters. The minimum absolute atomic E-state index is 0.0104.